The quantitative estimate of drug-likeness (QED) is 0.139. The molecule has 11 nitrogen and oxygen atoms in total. The molecule has 0 unspecified atom stereocenters. The van der Waals surface area contributed by atoms with Crippen LogP contribution in [0.25, 0.3) is 6.08 Å². The number of nitro benzene ring substituents is 1. The summed E-state index contributed by atoms with van der Waals surface area (Å²) in [5, 5.41) is 12.9. The summed E-state index contributed by atoms with van der Waals surface area (Å²) in [6.07, 6.45) is 1.20. The Morgan fingerprint density at radius 2 is 1.72 bits per heavy atom. The molecule has 0 saturated carbocycles. The molecule has 3 aromatic rings. The second-order valence-electron chi connectivity index (χ2n) is 7.39. The Morgan fingerprint density at radius 1 is 1.00 bits per heavy atom. The van der Waals surface area contributed by atoms with Crippen LogP contribution in [0.4, 0.5) is 16.2 Å². The van der Waals surface area contributed by atoms with Crippen LogP contribution in [0.5, 0.6) is 11.5 Å². The number of carbonyl (C=O) groups excluding carboxylic acids is 4. The van der Waals surface area contributed by atoms with Crippen molar-refractivity contribution in [1.29, 1.82) is 0 Å². The molecule has 180 valence electrons. The van der Waals surface area contributed by atoms with Gasteiger partial charge in [0.2, 0.25) is 0 Å². The fourth-order valence-corrected chi connectivity index (χ4v) is 3.37. The molecule has 4 rings (SSSR count). The lowest BCUT2D eigenvalue weighted by molar-refractivity contribution is -0.384. The van der Waals surface area contributed by atoms with Gasteiger partial charge in [0, 0.05) is 23.8 Å². The summed E-state index contributed by atoms with van der Waals surface area (Å²) in [4.78, 5) is 61.7. The molecule has 1 N–H and O–H groups in total. The molecule has 0 radical (unpaired) electrons. The van der Waals surface area contributed by atoms with Crippen molar-refractivity contribution in [2.75, 3.05) is 12.0 Å². The van der Waals surface area contributed by atoms with Crippen LogP contribution >= 0.6 is 0 Å². The van der Waals surface area contributed by atoms with Crippen LogP contribution in [-0.2, 0) is 9.59 Å². The van der Waals surface area contributed by atoms with Gasteiger partial charge in [-0.05, 0) is 36.4 Å². The van der Waals surface area contributed by atoms with Gasteiger partial charge in [-0.15, -0.1) is 0 Å². The van der Waals surface area contributed by atoms with Gasteiger partial charge >= 0.3 is 12.0 Å². The number of para-hydroxylation sites is 1. The zero-order valence-corrected chi connectivity index (χ0v) is 18.7. The SMILES string of the molecule is COc1cccc(N2C(=O)NC(=O)/C(=C/c3ccccc3OC(=O)c3ccc([N+](=O)[O-])cc3)C2=O)c1. The molecule has 0 aromatic heterocycles. The number of hydrogen-bond donors (Lipinski definition) is 1. The average Bonchev–Trinajstić information content (AvgIpc) is 2.87. The number of anilines is 1. The zero-order valence-electron chi connectivity index (χ0n) is 18.7. The van der Waals surface area contributed by atoms with E-state index in [-0.39, 0.29) is 33.8 Å². The van der Waals surface area contributed by atoms with Gasteiger partial charge in [0.15, 0.2) is 0 Å². The first kappa shape index (κ1) is 23.8. The molecule has 4 amide bonds. The van der Waals surface area contributed by atoms with Gasteiger partial charge in [0.05, 0.1) is 23.3 Å². The van der Waals surface area contributed by atoms with E-state index < -0.39 is 28.7 Å². The average molecular weight is 487 g/mol. The third-order valence-corrected chi connectivity index (χ3v) is 5.15. The monoisotopic (exact) mass is 487 g/mol. The van der Waals surface area contributed by atoms with E-state index in [2.05, 4.69) is 5.32 Å². The third-order valence-electron chi connectivity index (χ3n) is 5.15. The number of ether oxygens (including phenoxy) is 2. The molecule has 0 spiro atoms. The maximum atomic E-state index is 13.2. The number of imide groups is 2. The molecule has 36 heavy (non-hydrogen) atoms. The van der Waals surface area contributed by atoms with Gasteiger partial charge in [0.25, 0.3) is 17.5 Å². The highest BCUT2D eigenvalue weighted by molar-refractivity contribution is 6.39. The minimum absolute atomic E-state index is 0.0267. The van der Waals surface area contributed by atoms with Crippen LogP contribution in [0.3, 0.4) is 0 Å². The number of nitrogens with one attached hydrogen (secondary N) is 1. The Morgan fingerprint density at radius 3 is 2.42 bits per heavy atom. The molecule has 0 atom stereocenters. The number of methoxy groups -OCH3 is 1. The lowest BCUT2D eigenvalue weighted by Crippen LogP contribution is -2.54. The molecule has 11 heteroatoms. The van der Waals surface area contributed by atoms with Crippen LogP contribution in [0, 0.1) is 10.1 Å². The summed E-state index contributed by atoms with van der Waals surface area (Å²) >= 11 is 0. The lowest BCUT2D eigenvalue weighted by atomic mass is 10.1. The summed E-state index contributed by atoms with van der Waals surface area (Å²) < 4.78 is 10.5. The van der Waals surface area contributed by atoms with Gasteiger partial charge in [-0.3, -0.25) is 25.0 Å². The Labute approximate surface area is 203 Å². The van der Waals surface area contributed by atoms with Crippen LogP contribution in [0.15, 0.2) is 78.4 Å². The normalized spacial score (nSPS) is 14.4. The first-order valence-corrected chi connectivity index (χ1v) is 10.4. The molecular weight excluding hydrogens is 470 g/mol. The molecule has 3 aromatic carbocycles. The lowest BCUT2D eigenvalue weighted by Gasteiger charge is -2.26. The Kier molecular flexibility index (Phi) is 6.55. The van der Waals surface area contributed by atoms with Crippen molar-refractivity contribution in [2.24, 2.45) is 0 Å². The van der Waals surface area contributed by atoms with E-state index in [4.69, 9.17) is 9.47 Å². The largest absolute Gasteiger partial charge is 0.497 e. The topological polar surface area (TPSA) is 145 Å². The van der Waals surface area contributed by atoms with Crippen molar-refractivity contribution in [2.45, 2.75) is 0 Å². The predicted molar refractivity (Wildman–Crippen MR) is 126 cm³/mol. The van der Waals surface area contributed by atoms with Gasteiger partial charge in [-0.2, -0.15) is 0 Å². The predicted octanol–water partition coefficient (Wildman–Crippen LogP) is 3.49. The van der Waals surface area contributed by atoms with Crippen LogP contribution in [0.2, 0.25) is 0 Å². The number of rotatable bonds is 6. The maximum Gasteiger partial charge on any atom is 0.343 e. The van der Waals surface area contributed by atoms with E-state index in [0.29, 0.717) is 5.75 Å². The van der Waals surface area contributed by atoms with E-state index in [1.165, 1.54) is 61.7 Å². The van der Waals surface area contributed by atoms with E-state index in [1.807, 2.05) is 0 Å². The molecule has 1 saturated heterocycles. The number of hydrogen-bond acceptors (Lipinski definition) is 8. The highest BCUT2D eigenvalue weighted by atomic mass is 16.6. The third kappa shape index (κ3) is 4.80. The fraction of sp³-hybridized carbons (Fsp3) is 0.0400. The van der Waals surface area contributed by atoms with Crippen LogP contribution in [0.1, 0.15) is 15.9 Å². The van der Waals surface area contributed by atoms with Crippen molar-refractivity contribution < 1.29 is 33.6 Å². The second kappa shape index (κ2) is 9.89. The van der Waals surface area contributed by atoms with Crippen molar-refractivity contribution in [3.8, 4) is 11.5 Å². The standard InChI is InChI=1S/C25H17N3O8/c1-35-19-7-4-6-18(14-19)27-23(30)20(22(29)26-25(27)32)13-16-5-2-3-8-21(16)36-24(31)15-9-11-17(12-10-15)28(33)34/h2-14H,1H3,(H,26,29,32)/b20-13-. The summed E-state index contributed by atoms with van der Waals surface area (Å²) in [6.45, 7) is 0. The minimum Gasteiger partial charge on any atom is -0.497 e. The van der Waals surface area contributed by atoms with E-state index in [1.54, 1.807) is 24.3 Å². The highest BCUT2D eigenvalue weighted by Crippen LogP contribution is 2.28. The first-order valence-electron chi connectivity index (χ1n) is 10.4. The number of esters is 1. The summed E-state index contributed by atoms with van der Waals surface area (Å²) in [7, 11) is 1.43. The number of benzene rings is 3. The van der Waals surface area contributed by atoms with Gasteiger partial charge in [-0.25, -0.2) is 14.5 Å². The van der Waals surface area contributed by atoms with E-state index in [0.717, 1.165) is 4.90 Å². The number of carbonyl (C=O) groups is 4. The summed E-state index contributed by atoms with van der Waals surface area (Å²) in [6, 6.07) is 16.2. The molecule has 1 aliphatic rings. The molecule has 1 fully saturated rings. The number of urea groups is 1. The van der Waals surface area contributed by atoms with Crippen molar-refractivity contribution >= 4 is 41.3 Å². The molecular formula is C25H17N3O8. The summed E-state index contributed by atoms with van der Waals surface area (Å²) in [5.74, 6) is -2.17. The maximum absolute atomic E-state index is 13.2. The molecule has 0 aliphatic carbocycles. The number of nitrogens with zero attached hydrogens (tertiary/aromatic N) is 2. The Bertz CT molecular complexity index is 1430. The van der Waals surface area contributed by atoms with Crippen LogP contribution in [-0.4, -0.2) is 35.8 Å². The van der Waals surface area contributed by atoms with Gasteiger partial charge < -0.3 is 9.47 Å². The van der Waals surface area contributed by atoms with Crippen molar-refractivity contribution in [3.05, 3.63) is 99.6 Å². The summed E-state index contributed by atoms with van der Waals surface area (Å²) in [5.41, 5.74) is -0.0893. The van der Waals surface area contributed by atoms with Gasteiger partial charge in [-0.1, -0.05) is 24.3 Å². The number of non-ortho nitro benzene ring substituents is 1. The second-order valence-corrected chi connectivity index (χ2v) is 7.39. The van der Waals surface area contributed by atoms with E-state index >= 15 is 0 Å². The first-order chi connectivity index (χ1) is 17.3. The van der Waals surface area contributed by atoms with Crippen LogP contribution < -0.4 is 19.7 Å². The number of nitro groups is 1. The number of barbiturate groups is 1. The smallest absolute Gasteiger partial charge is 0.343 e. The van der Waals surface area contributed by atoms with Crippen molar-refractivity contribution in [3.63, 3.8) is 0 Å². The van der Waals surface area contributed by atoms with Gasteiger partial charge in [0.1, 0.15) is 17.1 Å². The van der Waals surface area contributed by atoms with Crippen molar-refractivity contribution in [1.82, 2.24) is 5.32 Å². The number of amides is 4. The Hall–Kier alpha value is -5.32. The van der Waals surface area contributed by atoms with E-state index in [9.17, 15) is 29.3 Å². The minimum atomic E-state index is -0.923. The fourth-order valence-electron chi connectivity index (χ4n) is 3.37. The molecule has 1 heterocycles. The molecule has 1 aliphatic heterocycles. The zero-order chi connectivity index (χ0) is 25.8. The highest BCUT2D eigenvalue weighted by Gasteiger charge is 2.37. The molecule has 0 bridgehead atoms. The Balaban J connectivity index is 1.64.